The molecule has 0 bridgehead atoms. The van der Waals surface area contributed by atoms with Crippen molar-refractivity contribution in [3.63, 3.8) is 0 Å². The highest BCUT2D eigenvalue weighted by atomic mass is 32.2. The molecule has 1 fully saturated rings. The third-order valence-electron chi connectivity index (χ3n) is 4.32. The molecule has 0 unspecified atom stereocenters. The molecular formula is C17H21N3O4S. The van der Waals surface area contributed by atoms with Crippen LogP contribution in [-0.2, 0) is 21.2 Å². The van der Waals surface area contributed by atoms with E-state index in [1.807, 2.05) is 13.8 Å². The Labute approximate surface area is 147 Å². The second-order valence-corrected chi connectivity index (χ2v) is 8.15. The Hall–Kier alpha value is -2.35. The number of amides is 1. The van der Waals surface area contributed by atoms with Crippen molar-refractivity contribution in [3.8, 4) is 0 Å². The summed E-state index contributed by atoms with van der Waals surface area (Å²) in [6, 6.07) is 6.87. The Morgan fingerprint density at radius 3 is 2.56 bits per heavy atom. The van der Waals surface area contributed by atoms with E-state index in [4.69, 9.17) is 4.52 Å². The van der Waals surface area contributed by atoms with Crippen LogP contribution in [0.2, 0.25) is 0 Å². The van der Waals surface area contributed by atoms with Crippen molar-refractivity contribution < 1.29 is 17.7 Å². The van der Waals surface area contributed by atoms with Crippen molar-refractivity contribution in [1.82, 2.24) is 5.16 Å². The monoisotopic (exact) mass is 363 g/mol. The van der Waals surface area contributed by atoms with E-state index < -0.39 is 10.0 Å². The number of aryl methyl sites for hydroxylation is 2. The minimum Gasteiger partial charge on any atom is -0.361 e. The average molecular weight is 363 g/mol. The van der Waals surface area contributed by atoms with Gasteiger partial charge in [0, 0.05) is 24.2 Å². The number of sulfonamides is 1. The van der Waals surface area contributed by atoms with E-state index in [1.165, 1.54) is 4.31 Å². The summed E-state index contributed by atoms with van der Waals surface area (Å²) >= 11 is 0. The lowest BCUT2D eigenvalue weighted by Gasteiger charge is -2.17. The molecule has 1 aromatic carbocycles. The minimum atomic E-state index is -3.19. The fraction of sp³-hybridized carbons (Fsp3) is 0.412. The number of benzene rings is 1. The van der Waals surface area contributed by atoms with E-state index in [-0.39, 0.29) is 11.7 Å². The van der Waals surface area contributed by atoms with Crippen molar-refractivity contribution in [2.75, 3.05) is 21.9 Å². The summed E-state index contributed by atoms with van der Waals surface area (Å²) in [5.41, 5.74) is 3.04. The van der Waals surface area contributed by atoms with Crippen LogP contribution in [0.1, 0.15) is 29.9 Å². The quantitative estimate of drug-likeness (QED) is 0.880. The van der Waals surface area contributed by atoms with Gasteiger partial charge in [0.05, 0.1) is 17.1 Å². The van der Waals surface area contributed by atoms with Crippen LogP contribution in [0.25, 0.3) is 0 Å². The van der Waals surface area contributed by atoms with Gasteiger partial charge in [-0.05, 0) is 51.0 Å². The van der Waals surface area contributed by atoms with E-state index >= 15 is 0 Å². The van der Waals surface area contributed by atoms with E-state index in [0.717, 1.165) is 17.0 Å². The number of anilines is 2. The van der Waals surface area contributed by atoms with Crippen LogP contribution in [0, 0.1) is 13.8 Å². The number of nitrogens with one attached hydrogen (secondary N) is 1. The topological polar surface area (TPSA) is 92.5 Å². The number of nitrogens with zero attached hydrogens (tertiary/aromatic N) is 2. The zero-order valence-electron chi connectivity index (χ0n) is 14.3. The highest BCUT2D eigenvalue weighted by Crippen LogP contribution is 2.25. The molecule has 2 aromatic rings. The van der Waals surface area contributed by atoms with Gasteiger partial charge in [-0.2, -0.15) is 0 Å². The largest absolute Gasteiger partial charge is 0.361 e. The lowest BCUT2D eigenvalue weighted by Crippen LogP contribution is -2.25. The van der Waals surface area contributed by atoms with Crippen molar-refractivity contribution >= 4 is 27.3 Å². The van der Waals surface area contributed by atoms with Gasteiger partial charge in [-0.1, -0.05) is 5.16 Å². The van der Waals surface area contributed by atoms with E-state index in [0.29, 0.717) is 37.2 Å². The third kappa shape index (κ3) is 3.84. The summed E-state index contributed by atoms with van der Waals surface area (Å²) in [7, 11) is -3.19. The number of aromatic nitrogens is 1. The van der Waals surface area contributed by atoms with Crippen LogP contribution in [-0.4, -0.2) is 31.8 Å². The lowest BCUT2D eigenvalue weighted by atomic mass is 10.1. The standard InChI is InChI=1S/C17H21N3O4S/c1-12-16(13(2)24-19-12)8-9-17(21)18-14-4-6-15(7-5-14)20-10-3-11-25(20,22)23/h4-7H,3,8-11H2,1-2H3,(H,18,21). The van der Waals surface area contributed by atoms with Crippen LogP contribution < -0.4 is 9.62 Å². The molecule has 0 saturated carbocycles. The molecular weight excluding hydrogens is 342 g/mol. The summed E-state index contributed by atoms with van der Waals surface area (Å²) < 4.78 is 30.3. The second kappa shape index (κ2) is 6.87. The van der Waals surface area contributed by atoms with Crippen LogP contribution in [0.5, 0.6) is 0 Å². The molecule has 0 aliphatic carbocycles. The predicted molar refractivity (Wildman–Crippen MR) is 95.1 cm³/mol. The van der Waals surface area contributed by atoms with Crippen LogP contribution in [0.4, 0.5) is 11.4 Å². The first-order valence-electron chi connectivity index (χ1n) is 8.19. The zero-order chi connectivity index (χ0) is 18.0. The fourth-order valence-corrected chi connectivity index (χ4v) is 4.53. The first kappa shape index (κ1) is 17.5. The molecule has 0 atom stereocenters. The summed E-state index contributed by atoms with van der Waals surface area (Å²) in [5.74, 6) is 0.815. The number of carbonyl (C=O) groups is 1. The molecule has 2 heterocycles. The van der Waals surface area contributed by atoms with Gasteiger partial charge in [0.15, 0.2) is 0 Å². The molecule has 1 N–H and O–H groups in total. The maximum absolute atomic E-state index is 12.1. The molecule has 0 radical (unpaired) electrons. The van der Waals surface area contributed by atoms with Gasteiger partial charge in [-0.15, -0.1) is 0 Å². The average Bonchev–Trinajstić information content (AvgIpc) is 3.08. The first-order chi connectivity index (χ1) is 11.9. The molecule has 1 aliphatic rings. The molecule has 1 saturated heterocycles. The predicted octanol–water partition coefficient (Wildman–Crippen LogP) is 2.40. The Morgan fingerprint density at radius 2 is 2.00 bits per heavy atom. The number of carbonyl (C=O) groups excluding carboxylic acids is 1. The number of hydrogen-bond acceptors (Lipinski definition) is 5. The maximum Gasteiger partial charge on any atom is 0.235 e. The first-order valence-corrected chi connectivity index (χ1v) is 9.80. The number of hydrogen-bond donors (Lipinski definition) is 1. The van der Waals surface area contributed by atoms with Crippen LogP contribution in [0.3, 0.4) is 0 Å². The van der Waals surface area contributed by atoms with E-state index in [2.05, 4.69) is 10.5 Å². The molecule has 134 valence electrons. The summed E-state index contributed by atoms with van der Waals surface area (Å²) in [4.78, 5) is 12.1. The summed E-state index contributed by atoms with van der Waals surface area (Å²) in [5, 5.41) is 6.70. The molecule has 3 rings (SSSR count). The van der Waals surface area contributed by atoms with Gasteiger partial charge >= 0.3 is 0 Å². The molecule has 25 heavy (non-hydrogen) atoms. The van der Waals surface area contributed by atoms with Gasteiger partial charge in [0.2, 0.25) is 15.9 Å². The third-order valence-corrected chi connectivity index (χ3v) is 6.19. The van der Waals surface area contributed by atoms with Crippen LogP contribution in [0.15, 0.2) is 28.8 Å². The van der Waals surface area contributed by atoms with Crippen molar-refractivity contribution in [2.24, 2.45) is 0 Å². The molecule has 0 spiro atoms. The molecule has 1 aliphatic heterocycles. The minimum absolute atomic E-state index is 0.110. The lowest BCUT2D eigenvalue weighted by molar-refractivity contribution is -0.116. The SMILES string of the molecule is Cc1noc(C)c1CCC(=O)Nc1ccc(N2CCCS2(=O)=O)cc1. The molecule has 8 heteroatoms. The molecule has 1 amide bonds. The van der Waals surface area contributed by atoms with Gasteiger partial charge in [-0.3, -0.25) is 9.10 Å². The maximum atomic E-state index is 12.1. The van der Waals surface area contributed by atoms with Gasteiger partial charge in [0.25, 0.3) is 0 Å². The van der Waals surface area contributed by atoms with Gasteiger partial charge < -0.3 is 9.84 Å². The van der Waals surface area contributed by atoms with Crippen molar-refractivity contribution in [1.29, 1.82) is 0 Å². The Bertz CT molecular complexity index is 852. The Morgan fingerprint density at radius 1 is 1.28 bits per heavy atom. The highest BCUT2D eigenvalue weighted by molar-refractivity contribution is 7.93. The normalized spacial score (nSPS) is 16.2. The number of rotatable bonds is 5. The van der Waals surface area contributed by atoms with Crippen LogP contribution >= 0.6 is 0 Å². The fourth-order valence-electron chi connectivity index (χ4n) is 2.96. The smallest absolute Gasteiger partial charge is 0.235 e. The van der Waals surface area contributed by atoms with Gasteiger partial charge in [-0.25, -0.2) is 8.42 Å². The second-order valence-electron chi connectivity index (χ2n) is 6.14. The molecule has 1 aromatic heterocycles. The van der Waals surface area contributed by atoms with Crippen molar-refractivity contribution in [3.05, 3.63) is 41.3 Å². The van der Waals surface area contributed by atoms with E-state index in [9.17, 15) is 13.2 Å². The molecule has 7 nitrogen and oxygen atoms in total. The summed E-state index contributed by atoms with van der Waals surface area (Å²) in [6.07, 6.45) is 1.53. The summed E-state index contributed by atoms with van der Waals surface area (Å²) in [6.45, 7) is 4.19. The van der Waals surface area contributed by atoms with Crippen molar-refractivity contribution in [2.45, 2.75) is 33.1 Å². The zero-order valence-corrected chi connectivity index (χ0v) is 15.1. The Kier molecular flexibility index (Phi) is 4.80. The van der Waals surface area contributed by atoms with E-state index in [1.54, 1.807) is 24.3 Å². The van der Waals surface area contributed by atoms with Gasteiger partial charge in [0.1, 0.15) is 5.76 Å². The highest BCUT2D eigenvalue weighted by Gasteiger charge is 2.28. The Balaban J connectivity index is 1.59.